The van der Waals surface area contributed by atoms with Crippen molar-refractivity contribution in [1.29, 1.82) is 0 Å². The maximum absolute atomic E-state index is 6.19. The van der Waals surface area contributed by atoms with Crippen molar-refractivity contribution in [2.45, 2.75) is 59.0 Å². The van der Waals surface area contributed by atoms with Gasteiger partial charge >= 0.3 is 0 Å². The number of hydrogen-bond donors (Lipinski definition) is 1. The van der Waals surface area contributed by atoms with E-state index in [2.05, 4.69) is 42.0 Å². The van der Waals surface area contributed by atoms with Crippen LogP contribution >= 0.6 is 15.9 Å². The van der Waals surface area contributed by atoms with E-state index in [-0.39, 0.29) is 5.60 Å². The molecule has 2 atom stereocenters. The second kappa shape index (κ2) is 7.05. The number of hydrogen-bond acceptors (Lipinski definition) is 4. The third-order valence-corrected chi connectivity index (χ3v) is 5.09. The van der Waals surface area contributed by atoms with Crippen molar-refractivity contribution in [2.75, 3.05) is 18.5 Å². The zero-order valence-electron chi connectivity index (χ0n) is 13.5. The largest absolute Gasteiger partial charge is 0.369 e. The van der Waals surface area contributed by atoms with Gasteiger partial charge in [-0.2, -0.15) is 0 Å². The average Bonchev–Trinajstić information content (AvgIpc) is 2.44. The fraction of sp³-hybridized carbons (Fsp3) is 0.750. The zero-order valence-corrected chi connectivity index (χ0v) is 15.1. The summed E-state index contributed by atoms with van der Waals surface area (Å²) in [7, 11) is 0. The molecule has 4 nitrogen and oxygen atoms in total. The highest BCUT2D eigenvalue weighted by atomic mass is 79.9. The van der Waals surface area contributed by atoms with E-state index in [0.29, 0.717) is 12.5 Å². The van der Waals surface area contributed by atoms with Crippen LogP contribution in [0.3, 0.4) is 0 Å². The van der Waals surface area contributed by atoms with Crippen LogP contribution in [0.4, 0.5) is 5.82 Å². The summed E-state index contributed by atoms with van der Waals surface area (Å²) in [5, 5.41) is 3.31. The van der Waals surface area contributed by atoms with Gasteiger partial charge in [0.1, 0.15) is 11.4 Å². The van der Waals surface area contributed by atoms with Gasteiger partial charge in [0.15, 0.2) is 5.82 Å². The van der Waals surface area contributed by atoms with Crippen molar-refractivity contribution in [3.63, 3.8) is 0 Å². The van der Waals surface area contributed by atoms with Gasteiger partial charge in [0.2, 0.25) is 0 Å². The molecule has 0 saturated heterocycles. The van der Waals surface area contributed by atoms with E-state index in [1.807, 2.05) is 6.92 Å². The van der Waals surface area contributed by atoms with Crippen LogP contribution < -0.4 is 5.32 Å². The van der Waals surface area contributed by atoms with Gasteiger partial charge in [-0.15, -0.1) is 0 Å². The second-order valence-electron chi connectivity index (χ2n) is 5.95. The molecule has 1 fully saturated rings. The Kier molecular flexibility index (Phi) is 5.60. The Bertz CT molecular complexity index is 491. The predicted molar refractivity (Wildman–Crippen MR) is 89.6 cm³/mol. The van der Waals surface area contributed by atoms with Crippen molar-refractivity contribution >= 4 is 21.7 Å². The maximum atomic E-state index is 6.19. The summed E-state index contributed by atoms with van der Waals surface area (Å²) in [5.41, 5.74) is 0.649. The Morgan fingerprint density at radius 3 is 2.76 bits per heavy atom. The topological polar surface area (TPSA) is 47.0 Å². The lowest BCUT2D eigenvalue weighted by atomic mass is 9.78. The van der Waals surface area contributed by atoms with Crippen molar-refractivity contribution in [3.8, 4) is 0 Å². The second-order valence-corrected chi connectivity index (χ2v) is 6.75. The summed E-state index contributed by atoms with van der Waals surface area (Å²) >= 11 is 3.58. The Morgan fingerprint density at radius 1 is 1.38 bits per heavy atom. The molecule has 0 aliphatic heterocycles. The number of rotatable bonds is 5. The molecular formula is C16H26BrN3O. The molecule has 0 bridgehead atoms. The van der Waals surface area contributed by atoms with Crippen molar-refractivity contribution < 1.29 is 4.74 Å². The number of nitrogens with one attached hydrogen (secondary N) is 1. The van der Waals surface area contributed by atoms with Gasteiger partial charge in [0, 0.05) is 13.2 Å². The van der Waals surface area contributed by atoms with Gasteiger partial charge in [-0.05, 0) is 61.9 Å². The molecule has 1 aliphatic carbocycles. The van der Waals surface area contributed by atoms with Gasteiger partial charge in [0.25, 0.3) is 0 Å². The van der Waals surface area contributed by atoms with Gasteiger partial charge in [-0.25, -0.2) is 9.97 Å². The summed E-state index contributed by atoms with van der Waals surface area (Å²) in [4.78, 5) is 9.52. The minimum atomic E-state index is -0.317. The van der Waals surface area contributed by atoms with E-state index >= 15 is 0 Å². The Labute approximate surface area is 136 Å². The molecule has 1 aromatic heterocycles. The molecule has 118 valence electrons. The highest BCUT2D eigenvalue weighted by Gasteiger charge is 2.40. The summed E-state index contributed by atoms with van der Waals surface area (Å²) < 4.78 is 7.13. The fourth-order valence-electron chi connectivity index (χ4n) is 3.23. The normalized spacial score (nSPS) is 25.9. The minimum Gasteiger partial charge on any atom is -0.369 e. The van der Waals surface area contributed by atoms with Crippen LogP contribution in [0.5, 0.6) is 0 Å². The summed E-state index contributed by atoms with van der Waals surface area (Å²) in [6, 6.07) is 0. The van der Waals surface area contributed by atoms with E-state index in [9.17, 15) is 0 Å². The first-order valence-corrected chi connectivity index (χ1v) is 8.74. The molecule has 1 saturated carbocycles. The summed E-state index contributed by atoms with van der Waals surface area (Å²) in [6.07, 6.45) is 4.46. The van der Waals surface area contributed by atoms with E-state index in [1.165, 1.54) is 12.8 Å². The maximum Gasteiger partial charge on any atom is 0.162 e. The van der Waals surface area contributed by atoms with E-state index in [0.717, 1.165) is 41.2 Å². The van der Waals surface area contributed by atoms with E-state index < -0.39 is 0 Å². The first-order chi connectivity index (χ1) is 10.0. The molecule has 2 unspecified atom stereocenters. The lowest BCUT2D eigenvalue weighted by Crippen LogP contribution is -2.37. The van der Waals surface area contributed by atoms with Gasteiger partial charge in [-0.3, -0.25) is 0 Å². The van der Waals surface area contributed by atoms with Crippen molar-refractivity contribution in [2.24, 2.45) is 5.92 Å². The number of anilines is 1. The van der Waals surface area contributed by atoms with Crippen molar-refractivity contribution in [1.82, 2.24) is 9.97 Å². The quantitative estimate of drug-likeness (QED) is 0.848. The number of aryl methyl sites for hydroxylation is 1. The molecule has 21 heavy (non-hydrogen) atoms. The molecule has 1 heterocycles. The van der Waals surface area contributed by atoms with E-state index in [4.69, 9.17) is 14.7 Å². The number of ether oxygens (including phenoxy) is 1. The third-order valence-electron chi connectivity index (χ3n) is 4.14. The highest BCUT2D eigenvalue weighted by Crippen LogP contribution is 2.42. The standard InChI is InChI=1S/C16H26BrN3O/c1-5-18-14-13(17)12(4)19-15(20-14)16(21-6-2)9-7-8-11(3)10-16/h11H,5-10H2,1-4H3,(H,18,19,20). The molecular weight excluding hydrogens is 330 g/mol. The Hall–Kier alpha value is -0.680. The molecule has 0 spiro atoms. The van der Waals surface area contributed by atoms with Crippen LogP contribution in [0.25, 0.3) is 0 Å². The monoisotopic (exact) mass is 355 g/mol. The van der Waals surface area contributed by atoms with Crippen LogP contribution in [-0.2, 0) is 10.3 Å². The van der Waals surface area contributed by atoms with Crippen LogP contribution in [0.2, 0.25) is 0 Å². The molecule has 2 rings (SSSR count). The number of nitrogens with zero attached hydrogens (tertiary/aromatic N) is 2. The van der Waals surface area contributed by atoms with Gasteiger partial charge < -0.3 is 10.1 Å². The van der Waals surface area contributed by atoms with Crippen LogP contribution in [0.15, 0.2) is 4.47 Å². The first kappa shape index (κ1) is 16.7. The van der Waals surface area contributed by atoms with Gasteiger partial charge in [-0.1, -0.05) is 13.3 Å². The molecule has 1 N–H and O–H groups in total. The molecule has 1 aromatic rings. The smallest absolute Gasteiger partial charge is 0.162 e. The molecule has 0 radical (unpaired) electrons. The number of aromatic nitrogens is 2. The average molecular weight is 356 g/mol. The van der Waals surface area contributed by atoms with Crippen molar-refractivity contribution in [3.05, 3.63) is 16.0 Å². The van der Waals surface area contributed by atoms with Crippen LogP contribution in [0.1, 0.15) is 58.0 Å². The lowest BCUT2D eigenvalue weighted by molar-refractivity contribution is -0.0881. The Morgan fingerprint density at radius 2 is 2.14 bits per heavy atom. The highest BCUT2D eigenvalue weighted by molar-refractivity contribution is 9.10. The summed E-state index contributed by atoms with van der Waals surface area (Å²) in [5.74, 6) is 2.37. The molecule has 5 heteroatoms. The molecule has 0 aromatic carbocycles. The first-order valence-electron chi connectivity index (χ1n) is 7.94. The lowest BCUT2D eigenvalue weighted by Gasteiger charge is -2.38. The molecule has 1 aliphatic rings. The Balaban J connectivity index is 2.44. The molecule has 0 amide bonds. The zero-order chi connectivity index (χ0) is 15.5. The number of halogens is 1. The SMILES string of the molecule is CCNc1nc(C2(OCC)CCCC(C)C2)nc(C)c1Br. The fourth-order valence-corrected chi connectivity index (χ4v) is 3.54. The minimum absolute atomic E-state index is 0.317. The predicted octanol–water partition coefficient (Wildman–Crippen LogP) is 4.42. The van der Waals surface area contributed by atoms with Crippen LogP contribution in [0, 0.1) is 12.8 Å². The van der Waals surface area contributed by atoms with E-state index in [1.54, 1.807) is 0 Å². The summed E-state index contributed by atoms with van der Waals surface area (Å²) in [6.45, 7) is 9.97. The third kappa shape index (κ3) is 3.57. The van der Waals surface area contributed by atoms with Crippen LogP contribution in [-0.4, -0.2) is 23.1 Å². The van der Waals surface area contributed by atoms with Gasteiger partial charge in [0.05, 0.1) is 10.2 Å².